The molecule has 0 spiro atoms. The summed E-state index contributed by atoms with van der Waals surface area (Å²) in [5.41, 5.74) is 1.39. The summed E-state index contributed by atoms with van der Waals surface area (Å²) in [5, 5.41) is 6.72. The first kappa shape index (κ1) is 24.7. The van der Waals surface area contributed by atoms with E-state index in [0.29, 0.717) is 23.0 Å². The summed E-state index contributed by atoms with van der Waals surface area (Å²) in [6.45, 7) is 1.87. The van der Waals surface area contributed by atoms with E-state index in [-0.39, 0.29) is 22.4 Å². The van der Waals surface area contributed by atoms with Gasteiger partial charge < -0.3 is 15.4 Å². The third-order valence-corrected chi connectivity index (χ3v) is 7.30. The molecule has 4 aromatic rings. The van der Waals surface area contributed by atoms with Crippen molar-refractivity contribution in [1.29, 1.82) is 0 Å². The van der Waals surface area contributed by atoms with Crippen molar-refractivity contribution >= 4 is 21.7 Å². The Kier molecular flexibility index (Phi) is 7.29. The lowest BCUT2D eigenvalue weighted by Gasteiger charge is -2.23. The van der Waals surface area contributed by atoms with E-state index in [1.54, 1.807) is 42.6 Å². The van der Waals surface area contributed by atoms with Crippen LogP contribution < -0.4 is 20.1 Å². The van der Waals surface area contributed by atoms with Crippen LogP contribution in [0.2, 0.25) is 0 Å². The molecule has 37 heavy (non-hydrogen) atoms. The quantitative estimate of drug-likeness (QED) is 0.300. The van der Waals surface area contributed by atoms with E-state index < -0.39 is 15.8 Å². The summed E-state index contributed by atoms with van der Waals surface area (Å²) in [5.74, 6) is 0.166. The van der Waals surface area contributed by atoms with Crippen LogP contribution in [-0.4, -0.2) is 37.5 Å². The molecule has 1 saturated heterocycles. The van der Waals surface area contributed by atoms with Crippen LogP contribution in [0.4, 0.5) is 16.0 Å². The third-order valence-electron chi connectivity index (χ3n) is 5.91. The van der Waals surface area contributed by atoms with E-state index in [1.165, 1.54) is 24.3 Å². The first-order valence-electron chi connectivity index (χ1n) is 11.9. The molecule has 1 aliphatic heterocycles. The Labute approximate surface area is 215 Å². The van der Waals surface area contributed by atoms with Gasteiger partial charge >= 0.3 is 0 Å². The van der Waals surface area contributed by atoms with Gasteiger partial charge in [0.2, 0.25) is 5.95 Å². The molecule has 190 valence electrons. The summed E-state index contributed by atoms with van der Waals surface area (Å²) >= 11 is 0. The zero-order chi connectivity index (χ0) is 25.7. The SMILES string of the molecule is O=S(=O)(Nc1ccc(Oc2ccccc2-c2ccnc(N[C@H]3CCCNC3)n2)c(F)c1)c1ccccc1. The van der Waals surface area contributed by atoms with Gasteiger partial charge in [-0.1, -0.05) is 30.3 Å². The van der Waals surface area contributed by atoms with Crippen LogP contribution >= 0.6 is 0 Å². The highest BCUT2D eigenvalue weighted by molar-refractivity contribution is 7.92. The van der Waals surface area contributed by atoms with Gasteiger partial charge in [-0.2, -0.15) is 0 Å². The predicted molar refractivity (Wildman–Crippen MR) is 141 cm³/mol. The molecule has 0 unspecified atom stereocenters. The van der Waals surface area contributed by atoms with Gasteiger partial charge in [0.25, 0.3) is 10.0 Å². The molecule has 3 aromatic carbocycles. The lowest BCUT2D eigenvalue weighted by atomic mass is 10.1. The zero-order valence-electron chi connectivity index (χ0n) is 19.9. The second-order valence-electron chi connectivity index (χ2n) is 8.62. The molecule has 3 N–H and O–H groups in total. The monoisotopic (exact) mass is 519 g/mol. The number of piperidine rings is 1. The van der Waals surface area contributed by atoms with Gasteiger partial charge in [0.1, 0.15) is 5.75 Å². The number of nitrogens with one attached hydrogen (secondary N) is 3. The molecule has 0 amide bonds. The van der Waals surface area contributed by atoms with Crippen molar-refractivity contribution in [3.05, 3.63) is 90.9 Å². The number of ether oxygens (including phenoxy) is 1. The molecule has 1 fully saturated rings. The highest BCUT2D eigenvalue weighted by atomic mass is 32.2. The first-order valence-corrected chi connectivity index (χ1v) is 13.4. The van der Waals surface area contributed by atoms with Crippen LogP contribution in [0.5, 0.6) is 11.5 Å². The fourth-order valence-corrected chi connectivity index (χ4v) is 5.15. The third kappa shape index (κ3) is 6.04. The average molecular weight is 520 g/mol. The Morgan fingerprint density at radius 3 is 2.57 bits per heavy atom. The Hall–Kier alpha value is -4.02. The first-order chi connectivity index (χ1) is 18.0. The molecule has 1 aromatic heterocycles. The molecule has 1 atom stereocenters. The van der Waals surface area contributed by atoms with E-state index >= 15 is 0 Å². The number of para-hydroxylation sites is 1. The standard InChI is InChI=1S/C27H26FN5O3S/c28-23-17-19(33-37(34,35)21-8-2-1-3-9-21)12-13-26(23)36-25-11-5-4-10-22(25)24-14-16-30-27(32-24)31-20-7-6-15-29-18-20/h1-5,8-14,16-17,20,29,33H,6-7,15,18H2,(H,30,31,32)/t20-/m0/s1. The fraction of sp³-hybridized carbons (Fsp3) is 0.185. The van der Waals surface area contributed by atoms with E-state index in [0.717, 1.165) is 32.0 Å². The Bertz CT molecular complexity index is 1480. The number of hydrogen-bond acceptors (Lipinski definition) is 7. The van der Waals surface area contributed by atoms with Crippen molar-refractivity contribution in [2.75, 3.05) is 23.1 Å². The number of halogens is 1. The number of aromatic nitrogens is 2. The minimum Gasteiger partial charge on any atom is -0.454 e. The van der Waals surface area contributed by atoms with Gasteiger partial charge in [0, 0.05) is 30.4 Å². The second kappa shape index (κ2) is 10.9. The lowest BCUT2D eigenvalue weighted by molar-refractivity contribution is 0.444. The molecular formula is C27H26FN5O3S. The number of rotatable bonds is 8. The van der Waals surface area contributed by atoms with Crippen molar-refractivity contribution in [3.63, 3.8) is 0 Å². The molecule has 8 nitrogen and oxygen atoms in total. The van der Waals surface area contributed by atoms with E-state index in [4.69, 9.17) is 4.74 Å². The summed E-state index contributed by atoms with van der Waals surface area (Å²) < 4.78 is 48.4. The van der Waals surface area contributed by atoms with Crippen LogP contribution in [-0.2, 0) is 10.0 Å². The zero-order valence-corrected chi connectivity index (χ0v) is 20.7. The van der Waals surface area contributed by atoms with Gasteiger partial charge in [0.05, 0.1) is 16.3 Å². The van der Waals surface area contributed by atoms with Crippen molar-refractivity contribution < 1.29 is 17.5 Å². The maximum atomic E-state index is 15.0. The molecule has 0 bridgehead atoms. The maximum Gasteiger partial charge on any atom is 0.261 e. The smallest absolute Gasteiger partial charge is 0.261 e. The summed E-state index contributed by atoms with van der Waals surface area (Å²) in [7, 11) is -3.84. The summed E-state index contributed by atoms with van der Waals surface area (Å²) in [6, 6.07) is 21.0. The van der Waals surface area contributed by atoms with E-state index in [9.17, 15) is 12.8 Å². The number of nitrogens with zero attached hydrogens (tertiary/aromatic N) is 2. The molecular weight excluding hydrogens is 493 g/mol. The van der Waals surface area contributed by atoms with Gasteiger partial charge in [-0.15, -0.1) is 0 Å². The van der Waals surface area contributed by atoms with E-state index in [1.807, 2.05) is 12.1 Å². The van der Waals surface area contributed by atoms with Crippen molar-refractivity contribution in [1.82, 2.24) is 15.3 Å². The van der Waals surface area contributed by atoms with Gasteiger partial charge in [-0.05, 0) is 61.9 Å². The average Bonchev–Trinajstić information content (AvgIpc) is 2.92. The Morgan fingerprint density at radius 1 is 0.973 bits per heavy atom. The van der Waals surface area contributed by atoms with E-state index in [2.05, 4.69) is 25.3 Å². The maximum absolute atomic E-state index is 15.0. The summed E-state index contributed by atoms with van der Waals surface area (Å²) in [4.78, 5) is 9.07. The molecule has 0 radical (unpaired) electrons. The largest absolute Gasteiger partial charge is 0.454 e. The second-order valence-corrected chi connectivity index (χ2v) is 10.3. The predicted octanol–water partition coefficient (Wildman–Crippen LogP) is 5.04. The fourth-order valence-electron chi connectivity index (χ4n) is 4.08. The van der Waals surface area contributed by atoms with Crippen LogP contribution in [0, 0.1) is 5.82 Å². The minimum atomic E-state index is -3.84. The van der Waals surface area contributed by atoms with Crippen molar-refractivity contribution in [3.8, 4) is 22.8 Å². The van der Waals surface area contributed by atoms with Crippen LogP contribution in [0.15, 0.2) is 90.0 Å². The lowest BCUT2D eigenvalue weighted by Crippen LogP contribution is -2.38. The minimum absolute atomic E-state index is 0.0456. The molecule has 1 aliphatic rings. The molecule has 5 rings (SSSR count). The van der Waals surface area contributed by atoms with Gasteiger partial charge in [-0.3, -0.25) is 4.72 Å². The highest BCUT2D eigenvalue weighted by Crippen LogP contribution is 2.34. The normalized spacial score (nSPS) is 15.6. The number of anilines is 2. The number of sulfonamides is 1. The van der Waals surface area contributed by atoms with Crippen LogP contribution in [0.3, 0.4) is 0 Å². The van der Waals surface area contributed by atoms with Gasteiger partial charge in [0.15, 0.2) is 11.6 Å². The Morgan fingerprint density at radius 2 is 1.78 bits per heavy atom. The van der Waals surface area contributed by atoms with Crippen molar-refractivity contribution in [2.45, 2.75) is 23.8 Å². The molecule has 0 aliphatic carbocycles. The molecule has 2 heterocycles. The van der Waals surface area contributed by atoms with Gasteiger partial charge in [-0.25, -0.2) is 22.8 Å². The number of hydrogen-bond donors (Lipinski definition) is 3. The van der Waals surface area contributed by atoms with Crippen LogP contribution in [0.25, 0.3) is 11.3 Å². The number of benzene rings is 3. The highest BCUT2D eigenvalue weighted by Gasteiger charge is 2.17. The molecule has 0 saturated carbocycles. The van der Waals surface area contributed by atoms with Crippen LogP contribution in [0.1, 0.15) is 12.8 Å². The summed E-state index contributed by atoms with van der Waals surface area (Å²) in [6.07, 6.45) is 3.80. The Balaban J connectivity index is 1.35. The molecule has 10 heteroatoms. The topological polar surface area (TPSA) is 105 Å². The van der Waals surface area contributed by atoms with Crippen molar-refractivity contribution in [2.24, 2.45) is 0 Å².